The SMILES string of the molecule is OCC(O)N(CO)c1nc(N(CO)CO)nc(N(CO)CO)n1. The Bertz CT molecular complexity index is 443. The van der Waals surface area contributed by atoms with Gasteiger partial charge in [0.1, 0.15) is 33.7 Å². The van der Waals surface area contributed by atoms with Gasteiger partial charge in [-0.1, -0.05) is 0 Å². The second-order valence-electron chi connectivity index (χ2n) is 4.16. The molecular weight excluding hydrogens is 316 g/mol. The van der Waals surface area contributed by atoms with E-state index in [2.05, 4.69) is 15.0 Å². The van der Waals surface area contributed by atoms with Crippen molar-refractivity contribution in [3.8, 4) is 0 Å². The Morgan fingerprint density at radius 2 is 1.04 bits per heavy atom. The van der Waals surface area contributed by atoms with Crippen molar-refractivity contribution in [1.29, 1.82) is 0 Å². The molecule has 0 fully saturated rings. The number of aliphatic hydroxyl groups excluding tert-OH is 7. The minimum absolute atomic E-state index is 0.245. The molecule has 0 bridgehead atoms. The van der Waals surface area contributed by atoms with Crippen molar-refractivity contribution in [3.05, 3.63) is 0 Å². The van der Waals surface area contributed by atoms with Crippen LogP contribution in [0.1, 0.15) is 0 Å². The molecule has 1 heterocycles. The standard InChI is InChI=1S/C10H20N6O7/c17-1-7(23)16(6-22)10-12-8(14(2-18)3-19)11-9(13-10)15(4-20)5-21/h7,17-23H,1-6H2. The molecule has 0 amide bonds. The minimum Gasteiger partial charge on any atom is -0.392 e. The van der Waals surface area contributed by atoms with E-state index < -0.39 is 46.5 Å². The van der Waals surface area contributed by atoms with E-state index >= 15 is 0 Å². The van der Waals surface area contributed by atoms with Gasteiger partial charge in [-0.2, -0.15) is 15.0 Å². The lowest BCUT2D eigenvalue weighted by Crippen LogP contribution is -2.41. The van der Waals surface area contributed by atoms with Gasteiger partial charge in [0, 0.05) is 0 Å². The molecule has 1 aromatic heterocycles. The van der Waals surface area contributed by atoms with E-state index in [-0.39, 0.29) is 17.8 Å². The molecule has 13 nitrogen and oxygen atoms in total. The fraction of sp³-hybridized carbons (Fsp3) is 0.700. The van der Waals surface area contributed by atoms with Crippen LogP contribution in [0, 0.1) is 0 Å². The highest BCUT2D eigenvalue weighted by Crippen LogP contribution is 2.19. The predicted octanol–water partition coefficient (Wildman–Crippen LogP) is -4.65. The van der Waals surface area contributed by atoms with Gasteiger partial charge in [-0.05, 0) is 0 Å². The fourth-order valence-corrected chi connectivity index (χ4v) is 1.49. The Hall–Kier alpha value is -1.87. The summed E-state index contributed by atoms with van der Waals surface area (Å²) in [5.74, 6) is -0.802. The summed E-state index contributed by atoms with van der Waals surface area (Å²) in [6, 6.07) is 0. The Kier molecular flexibility index (Phi) is 7.76. The molecule has 1 rings (SSSR count). The average molecular weight is 336 g/mol. The van der Waals surface area contributed by atoms with Gasteiger partial charge in [0.05, 0.1) is 6.61 Å². The number of nitrogens with zero attached hydrogens (tertiary/aromatic N) is 6. The van der Waals surface area contributed by atoms with Crippen LogP contribution in [-0.2, 0) is 0 Å². The summed E-state index contributed by atoms with van der Waals surface area (Å²) in [6.45, 7) is -4.11. The lowest BCUT2D eigenvalue weighted by Gasteiger charge is -2.27. The van der Waals surface area contributed by atoms with Gasteiger partial charge in [-0.25, -0.2) is 0 Å². The molecule has 0 aromatic carbocycles. The third-order valence-corrected chi connectivity index (χ3v) is 2.78. The van der Waals surface area contributed by atoms with E-state index in [1.165, 1.54) is 0 Å². The highest BCUT2D eigenvalue weighted by atomic mass is 16.3. The molecule has 132 valence electrons. The number of rotatable bonds is 10. The Morgan fingerprint density at radius 1 is 0.652 bits per heavy atom. The topological polar surface area (TPSA) is 190 Å². The monoisotopic (exact) mass is 336 g/mol. The van der Waals surface area contributed by atoms with Crippen LogP contribution in [0.15, 0.2) is 0 Å². The van der Waals surface area contributed by atoms with Crippen molar-refractivity contribution >= 4 is 17.8 Å². The highest BCUT2D eigenvalue weighted by molar-refractivity contribution is 5.46. The van der Waals surface area contributed by atoms with Crippen LogP contribution in [-0.4, -0.2) is 97.2 Å². The number of anilines is 3. The first-order chi connectivity index (χ1) is 11.1. The van der Waals surface area contributed by atoms with Crippen molar-refractivity contribution in [3.63, 3.8) is 0 Å². The van der Waals surface area contributed by atoms with Crippen molar-refractivity contribution in [2.24, 2.45) is 0 Å². The van der Waals surface area contributed by atoms with Crippen molar-refractivity contribution in [1.82, 2.24) is 15.0 Å². The van der Waals surface area contributed by atoms with Gasteiger partial charge >= 0.3 is 0 Å². The van der Waals surface area contributed by atoms with E-state index in [4.69, 9.17) is 25.5 Å². The van der Waals surface area contributed by atoms with Crippen LogP contribution in [0.2, 0.25) is 0 Å². The normalized spacial score (nSPS) is 12.1. The Labute approximate surface area is 130 Å². The number of hydrogen-bond donors (Lipinski definition) is 7. The number of aliphatic hydroxyl groups is 7. The fourth-order valence-electron chi connectivity index (χ4n) is 1.49. The summed E-state index contributed by atoms with van der Waals surface area (Å²) in [6.07, 6.45) is -1.53. The number of aromatic nitrogens is 3. The van der Waals surface area contributed by atoms with E-state index in [9.17, 15) is 10.2 Å². The van der Waals surface area contributed by atoms with Crippen LogP contribution < -0.4 is 14.7 Å². The number of hydrogen-bond acceptors (Lipinski definition) is 13. The van der Waals surface area contributed by atoms with Crippen molar-refractivity contribution in [2.45, 2.75) is 6.23 Å². The van der Waals surface area contributed by atoms with Gasteiger partial charge in [-0.3, -0.25) is 14.7 Å². The van der Waals surface area contributed by atoms with E-state index in [0.717, 1.165) is 14.7 Å². The maximum Gasteiger partial charge on any atom is 0.235 e. The van der Waals surface area contributed by atoms with Gasteiger partial charge in [0.15, 0.2) is 6.23 Å². The zero-order valence-corrected chi connectivity index (χ0v) is 12.1. The minimum atomic E-state index is -1.53. The van der Waals surface area contributed by atoms with Crippen LogP contribution in [0.25, 0.3) is 0 Å². The van der Waals surface area contributed by atoms with E-state index in [0.29, 0.717) is 0 Å². The maximum absolute atomic E-state index is 9.65. The smallest absolute Gasteiger partial charge is 0.235 e. The summed E-state index contributed by atoms with van der Waals surface area (Å²) in [5, 5.41) is 64.6. The lowest BCUT2D eigenvalue weighted by molar-refractivity contribution is 0.0729. The molecule has 0 saturated heterocycles. The second-order valence-corrected chi connectivity index (χ2v) is 4.16. The summed E-state index contributed by atoms with van der Waals surface area (Å²) < 4.78 is 0. The highest BCUT2D eigenvalue weighted by Gasteiger charge is 2.22. The van der Waals surface area contributed by atoms with Gasteiger partial charge < -0.3 is 35.7 Å². The predicted molar refractivity (Wildman–Crippen MR) is 75.8 cm³/mol. The van der Waals surface area contributed by atoms with E-state index in [1.54, 1.807) is 0 Å². The summed E-state index contributed by atoms with van der Waals surface area (Å²) >= 11 is 0. The molecule has 7 N–H and O–H groups in total. The molecular formula is C10H20N6O7. The van der Waals surface area contributed by atoms with Crippen LogP contribution in [0.5, 0.6) is 0 Å². The van der Waals surface area contributed by atoms with Crippen LogP contribution >= 0.6 is 0 Å². The summed E-state index contributed by atoms with van der Waals surface area (Å²) in [5.41, 5.74) is 0. The van der Waals surface area contributed by atoms with E-state index in [1.807, 2.05) is 0 Å². The molecule has 0 saturated carbocycles. The molecule has 1 aromatic rings. The zero-order valence-electron chi connectivity index (χ0n) is 12.1. The summed E-state index contributed by atoms with van der Waals surface area (Å²) in [7, 11) is 0. The first-order valence-corrected chi connectivity index (χ1v) is 6.42. The molecule has 23 heavy (non-hydrogen) atoms. The third-order valence-electron chi connectivity index (χ3n) is 2.78. The zero-order chi connectivity index (χ0) is 17.4. The molecule has 1 atom stereocenters. The molecule has 0 spiro atoms. The Balaban J connectivity index is 3.37. The second kappa shape index (κ2) is 9.31. The quantitative estimate of drug-likeness (QED) is 0.202. The molecule has 13 heteroatoms. The van der Waals surface area contributed by atoms with Crippen molar-refractivity contribution < 1.29 is 35.7 Å². The van der Waals surface area contributed by atoms with Gasteiger partial charge in [0.2, 0.25) is 17.8 Å². The largest absolute Gasteiger partial charge is 0.392 e. The van der Waals surface area contributed by atoms with Crippen LogP contribution in [0.3, 0.4) is 0 Å². The molecule has 0 aliphatic rings. The van der Waals surface area contributed by atoms with Crippen LogP contribution in [0.4, 0.5) is 17.8 Å². The molecule has 0 radical (unpaired) electrons. The van der Waals surface area contributed by atoms with Gasteiger partial charge in [0.25, 0.3) is 0 Å². The van der Waals surface area contributed by atoms with Gasteiger partial charge in [-0.15, -0.1) is 0 Å². The summed E-state index contributed by atoms with van der Waals surface area (Å²) in [4.78, 5) is 14.2. The molecule has 1 unspecified atom stereocenters. The van der Waals surface area contributed by atoms with Crippen molar-refractivity contribution in [2.75, 3.05) is 55.0 Å². The first-order valence-electron chi connectivity index (χ1n) is 6.42. The third kappa shape index (κ3) is 4.55. The first kappa shape index (κ1) is 19.2. The Morgan fingerprint density at radius 3 is 1.35 bits per heavy atom. The average Bonchev–Trinajstić information content (AvgIpc) is 2.57. The molecule has 0 aliphatic heterocycles. The lowest BCUT2D eigenvalue weighted by atomic mass is 10.5. The molecule has 0 aliphatic carbocycles. The maximum atomic E-state index is 9.65.